The molecule has 0 bridgehead atoms. The van der Waals surface area contributed by atoms with Gasteiger partial charge in [-0.2, -0.15) is 11.8 Å². The quantitative estimate of drug-likeness (QED) is 0.442. The van der Waals surface area contributed by atoms with Crippen molar-refractivity contribution >= 4 is 11.8 Å². The largest absolute Gasteiger partial charge is 0.151 e. The SMILES string of the molecule is C=C(C)/C=C\C(=C)C1CS1. The molecule has 1 aliphatic heterocycles. The normalized spacial score (nSPS) is 23.1. The second-order valence-corrected chi connectivity index (χ2v) is 3.81. The number of hydrogen-bond acceptors (Lipinski definition) is 1. The van der Waals surface area contributed by atoms with Gasteiger partial charge in [-0.15, -0.1) is 0 Å². The molecule has 1 aliphatic rings. The van der Waals surface area contributed by atoms with Crippen LogP contribution < -0.4 is 0 Å². The topological polar surface area (TPSA) is 0 Å². The van der Waals surface area contributed by atoms with E-state index in [1.807, 2.05) is 24.8 Å². The molecule has 0 amide bonds. The van der Waals surface area contributed by atoms with E-state index in [2.05, 4.69) is 19.2 Å². The van der Waals surface area contributed by atoms with Gasteiger partial charge in [0.25, 0.3) is 0 Å². The maximum Gasteiger partial charge on any atom is 0.0382 e. The van der Waals surface area contributed by atoms with E-state index in [-0.39, 0.29) is 0 Å². The van der Waals surface area contributed by atoms with Crippen molar-refractivity contribution in [2.45, 2.75) is 12.2 Å². The lowest BCUT2D eigenvalue weighted by Gasteiger charge is -1.91. The van der Waals surface area contributed by atoms with Crippen LogP contribution in [0.25, 0.3) is 0 Å². The summed E-state index contributed by atoms with van der Waals surface area (Å²) in [6.07, 6.45) is 4.08. The van der Waals surface area contributed by atoms with Gasteiger partial charge in [0.2, 0.25) is 0 Å². The van der Waals surface area contributed by atoms with Crippen LogP contribution in [0.15, 0.2) is 36.5 Å². The fraction of sp³-hybridized carbons (Fsp3) is 0.333. The molecule has 0 spiro atoms. The first-order chi connectivity index (χ1) is 4.70. The maximum atomic E-state index is 3.94. The molecule has 1 heteroatoms. The van der Waals surface area contributed by atoms with E-state index in [9.17, 15) is 0 Å². The fourth-order valence-electron chi connectivity index (χ4n) is 0.619. The Labute approximate surface area is 66.7 Å². The van der Waals surface area contributed by atoms with Gasteiger partial charge in [-0.05, 0) is 12.5 Å². The summed E-state index contributed by atoms with van der Waals surface area (Å²) < 4.78 is 0. The van der Waals surface area contributed by atoms with Gasteiger partial charge < -0.3 is 0 Å². The molecule has 1 fully saturated rings. The smallest absolute Gasteiger partial charge is 0.0382 e. The maximum absolute atomic E-state index is 3.94. The minimum Gasteiger partial charge on any atom is -0.151 e. The Kier molecular flexibility index (Phi) is 2.39. The molecule has 0 aromatic heterocycles. The zero-order valence-corrected chi connectivity index (χ0v) is 7.08. The highest BCUT2D eigenvalue weighted by molar-refractivity contribution is 8.07. The van der Waals surface area contributed by atoms with Crippen molar-refractivity contribution < 1.29 is 0 Å². The second-order valence-electron chi connectivity index (χ2n) is 2.58. The highest BCUT2D eigenvalue weighted by Gasteiger charge is 2.23. The van der Waals surface area contributed by atoms with Crippen LogP contribution in [0.2, 0.25) is 0 Å². The Morgan fingerprint density at radius 3 is 2.50 bits per heavy atom. The summed E-state index contributed by atoms with van der Waals surface area (Å²) in [5, 5.41) is 0.704. The van der Waals surface area contributed by atoms with Crippen molar-refractivity contribution in [3.05, 3.63) is 36.5 Å². The summed E-state index contributed by atoms with van der Waals surface area (Å²) >= 11 is 1.95. The predicted molar refractivity (Wildman–Crippen MR) is 49.3 cm³/mol. The fourth-order valence-corrected chi connectivity index (χ4v) is 1.22. The van der Waals surface area contributed by atoms with Crippen molar-refractivity contribution in [2.24, 2.45) is 0 Å². The minimum absolute atomic E-state index is 0.704. The van der Waals surface area contributed by atoms with E-state index in [4.69, 9.17) is 0 Å². The van der Waals surface area contributed by atoms with Gasteiger partial charge in [0.1, 0.15) is 0 Å². The van der Waals surface area contributed by atoms with E-state index in [1.54, 1.807) is 0 Å². The van der Waals surface area contributed by atoms with Crippen molar-refractivity contribution in [1.82, 2.24) is 0 Å². The molecule has 0 aromatic rings. The molecular formula is C9H12S. The summed E-state index contributed by atoms with van der Waals surface area (Å²) in [6, 6.07) is 0. The van der Waals surface area contributed by atoms with Crippen molar-refractivity contribution in [3.63, 3.8) is 0 Å². The molecule has 1 saturated heterocycles. The molecule has 0 aromatic carbocycles. The molecule has 0 radical (unpaired) electrons. The third-order valence-electron chi connectivity index (χ3n) is 1.33. The summed E-state index contributed by atoms with van der Waals surface area (Å²) in [7, 11) is 0. The first kappa shape index (κ1) is 7.67. The van der Waals surface area contributed by atoms with Crippen LogP contribution in [-0.4, -0.2) is 11.0 Å². The Bertz CT molecular complexity index is 185. The number of rotatable bonds is 3. The van der Waals surface area contributed by atoms with Crippen LogP contribution in [0.5, 0.6) is 0 Å². The van der Waals surface area contributed by atoms with Crippen LogP contribution in [0.3, 0.4) is 0 Å². The van der Waals surface area contributed by atoms with Gasteiger partial charge >= 0.3 is 0 Å². The van der Waals surface area contributed by atoms with Gasteiger partial charge in [-0.3, -0.25) is 0 Å². The highest BCUT2D eigenvalue weighted by atomic mass is 32.2. The molecule has 1 unspecified atom stereocenters. The summed E-state index contributed by atoms with van der Waals surface area (Å²) in [4.78, 5) is 0. The van der Waals surface area contributed by atoms with Crippen LogP contribution >= 0.6 is 11.8 Å². The average molecular weight is 152 g/mol. The Balaban J connectivity index is 2.36. The summed E-state index contributed by atoms with van der Waals surface area (Å²) in [5.41, 5.74) is 2.32. The number of hydrogen-bond donors (Lipinski definition) is 0. The zero-order valence-electron chi connectivity index (χ0n) is 6.26. The third-order valence-corrected chi connectivity index (χ3v) is 2.30. The van der Waals surface area contributed by atoms with E-state index in [0.717, 1.165) is 5.57 Å². The minimum atomic E-state index is 0.704. The van der Waals surface area contributed by atoms with Crippen LogP contribution in [0, 0.1) is 0 Å². The molecule has 0 aliphatic carbocycles. The summed E-state index contributed by atoms with van der Waals surface area (Å²) in [5.74, 6) is 1.25. The third kappa shape index (κ3) is 2.44. The lowest BCUT2D eigenvalue weighted by molar-refractivity contribution is 1.32. The average Bonchev–Trinajstić information content (AvgIpc) is 2.63. The van der Waals surface area contributed by atoms with Gasteiger partial charge in [0.15, 0.2) is 0 Å². The highest BCUT2D eigenvalue weighted by Crippen LogP contribution is 2.36. The lowest BCUT2D eigenvalue weighted by atomic mass is 10.2. The number of allylic oxidation sites excluding steroid dienone is 3. The number of thioether (sulfide) groups is 1. The van der Waals surface area contributed by atoms with Gasteiger partial charge in [-0.1, -0.05) is 30.9 Å². The van der Waals surface area contributed by atoms with E-state index >= 15 is 0 Å². The molecule has 1 atom stereocenters. The van der Waals surface area contributed by atoms with Crippen LogP contribution in [-0.2, 0) is 0 Å². The van der Waals surface area contributed by atoms with E-state index in [1.165, 1.54) is 11.3 Å². The summed E-state index contributed by atoms with van der Waals surface area (Å²) in [6.45, 7) is 9.70. The van der Waals surface area contributed by atoms with Crippen LogP contribution in [0.4, 0.5) is 0 Å². The monoisotopic (exact) mass is 152 g/mol. The Hall–Kier alpha value is -0.430. The predicted octanol–water partition coefficient (Wildman–Crippen LogP) is 2.79. The van der Waals surface area contributed by atoms with Gasteiger partial charge in [-0.25, -0.2) is 0 Å². The molecule has 1 heterocycles. The Morgan fingerprint density at radius 2 is 2.10 bits per heavy atom. The molecular weight excluding hydrogens is 140 g/mol. The zero-order chi connectivity index (χ0) is 7.56. The molecule has 0 saturated carbocycles. The van der Waals surface area contributed by atoms with Gasteiger partial charge in [0.05, 0.1) is 0 Å². The molecule has 0 nitrogen and oxygen atoms in total. The molecule has 0 N–H and O–H groups in total. The van der Waals surface area contributed by atoms with Crippen molar-refractivity contribution in [1.29, 1.82) is 0 Å². The Morgan fingerprint density at radius 1 is 1.50 bits per heavy atom. The standard InChI is InChI=1S/C9H12S/c1-7(2)4-5-8(3)9-6-10-9/h4-5,9H,1,3,6H2,2H3/b5-4-. The first-order valence-electron chi connectivity index (χ1n) is 3.34. The molecule has 1 rings (SSSR count). The molecule has 10 heavy (non-hydrogen) atoms. The second kappa shape index (κ2) is 3.11. The van der Waals surface area contributed by atoms with E-state index in [0.29, 0.717) is 5.25 Å². The van der Waals surface area contributed by atoms with Crippen LogP contribution in [0.1, 0.15) is 6.92 Å². The van der Waals surface area contributed by atoms with Crippen molar-refractivity contribution in [2.75, 3.05) is 5.75 Å². The molecule has 54 valence electrons. The first-order valence-corrected chi connectivity index (χ1v) is 4.39. The van der Waals surface area contributed by atoms with Crippen molar-refractivity contribution in [3.8, 4) is 0 Å². The van der Waals surface area contributed by atoms with E-state index < -0.39 is 0 Å². The lowest BCUT2D eigenvalue weighted by Crippen LogP contribution is -1.82. The van der Waals surface area contributed by atoms with Gasteiger partial charge in [0, 0.05) is 11.0 Å².